The van der Waals surface area contributed by atoms with Crippen molar-refractivity contribution in [1.82, 2.24) is 10.2 Å². The topological polar surface area (TPSA) is 15.3 Å². The Bertz CT molecular complexity index is 228. The molecule has 1 N–H and O–H groups in total. The van der Waals surface area contributed by atoms with Gasteiger partial charge >= 0.3 is 0 Å². The molecule has 1 unspecified atom stereocenters. The van der Waals surface area contributed by atoms with E-state index < -0.39 is 0 Å². The second-order valence-corrected chi connectivity index (χ2v) is 7.02. The first-order valence-corrected chi connectivity index (χ1v) is 9.02. The summed E-state index contributed by atoms with van der Waals surface area (Å²) < 4.78 is 0. The van der Waals surface area contributed by atoms with Crippen LogP contribution >= 0.6 is 0 Å². The number of likely N-dealkylation sites (N-methyl/N-ethyl adjacent to an activating group) is 1. The van der Waals surface area contributed by atoms with Crippen LogP contribution < -0.4 is 5.32 Å². The standard InChI is InChI=1S/C18H38N2/c1-6-9-15-10-12-17(13-11-15)19-14-18(20(4)5)16(7-2)8-3/h15-19H,6-14H2,1-5H3. The number of nitrogens with one attached hydrogen (secondary N) is 1. The van der Waals surface area contributed by atoms with E-state index in [-0.39, 0.29) is 0 Å². The van der Waals surface area contributed by atoms with Crippen LogP contribution in [-0.4, -0.2) is 37.6 Å². The van der Waals surface area contributed by atoms with Gasteiger partial charge in [-0.2, -0.15) is 0 Å². The molecule has 20 heavy (non-hydrogen) atoms. The van der Waals surface area contributed by atoms with E-state index in [4.69, 9.17) is 0 Å². The van der Waals surface area contributed by atoms with Crippen molar-refractivity contribution < 1.29 is 0 Å². The summed E-state index contributed by atoms with van der Waals surface area (Å²) in [6.07, 6.45) is 11.1. The fraction of sp³-hybridized carbons (Fsp3) is 1.00. The van der Waals surface area contributed by atoms with Crippen molar-refractivity contribution in [3.8, 4) is 0 Å². The predicted molar refractivity (Wildman–Crippen MR) is 90.2 cm³/mol. The Morgan fingerprint density at radius 2 is 1.60 bits per heavy atom. The summed E-state index contributed by atoms with van der Waals surface area (Å²) in [7, 11) is 4.48. The van der Waals surface area contributed by atoms with E-state index in [0.717, 1.165) is 17.9 Å². The molecule has 0 aromatic rings. The Morgan fingerprint density at radius 1 is 1.00 bits per heavy atom. The van der Waals surface area contributed by atoms with E-state index in [2.05, 4.69) is 45.1 Å². The maximum Gasteiger partial charge on any atom is 0.0242 e. The molecule has 0 spiro atoms. The highest BCUT2D eigenvalue weighted by molar-refractivity contribution is 4.82. The number of hydrogen-bond donors (Lipinski definition) is 1. The number of hydrogen-bond acceptors (Lipinski definition) is 2. The van der Waals surface area contributed by atoms with Gasteiger partial charge in [0.25, 0.3) is 0 Å². The molecule has 0 aromatic carbocycles. The van der Waals surface area contributed by atoms with Crippen molar-refractivity contribution in [3.63, 3.8) is 0 Å². The van der Waals surface area contributed by atoms with Gasteiger partial charge in [0.15, 0.2) is 0 Å². The van der Waals surface area contributed by atoms with Crippen LogP contribution in [0, 0.1) is 11.8 Å². The molecule has 2 nitrogen and oxygen atoms in total. The molecule has 1 aliphatic carbocycles. The van der Waals surface area contributed by atoms with Gasteiger partial charge in [-0.25, -0.2) is 0 Å². The minimum absolute atomic E-state index is 0.693. The molecule has 0 radical (unpaired) electrons. The summed E-state index contributed by atoms with van der Waals surface area (Å²) in [6, 6.07) is 1.47. The van der Waals surface area contributed by atoms with Gasteiger partial charge in [-0.15, -0.1) is 0 Å². The molecule has 1 atom stereocenters. The summed E-state index contributed by atoms with van der Waals surface area (Å²) in [6.45, 7) is 8.16. The summed E-state index contributed by atoms with van der Waals surface area (Å²) in [4.78, 5) is 2.42. The third-order valence-corrected chi connectivity index (χ3v) is 5.42. The van der Waals surface area contributed by atoms with Crippen LogP contribution in [0.3, 0.4) is 0 Å². The molecule has 0 bridgehead atoms. The zero-order chi connectivity index (χ0) is 15.0. The molecular weight excluding hydrogens is 244 g/mol. The van der Waals surface area contributed by atoms with Crippen LogP contribution in [0.5, 0.6) is 0 Å². The lowest BCUT2D eigenvalue weighted by Crippen LogP contribution is -2.46. The summed E-state index contributed by atoms with van der Waals surface area (Å²) >= 11 is 0. The van der Waals surface area contributed by atoms with E-state index >= 15 is 0 Å². The van der Waals surface area contributed by atoms with Crippen molar-refractivity contribution >= 4 is 0 Å². The van der Waals surface area contributed by atoms with Crippen molar-refractivity contribution in [2.45, 2.75) is 84.2 Å². The zero-order valence-corrected chi connectivity index (χ0v) is 14.6. The maximum absolute atomic E-state index is 3.87. The third kappa shape index (κ3) is 5.73. The summed E-state index contributed by atoms with van der Waals surface area (Å²) in [5, 5.41) is 3.87. The first-order valence-electron chi connectivity index (χ1n) is 9.02. The molecule has 1 rings (SSSR count). The quantitative estimate of drug-likeness (QED) is 0.678. The molecule has 120 valence electrons. The van der Waals surface area contributed by atoms with Gasteiger partial charge in [0, 0.05) is 18.6 Å². The smallest absolute Gasteiger partial charge is 0.0242 e. The maximum atomic E-state index is 3.87. The largest absolute Gasteiger partial charge is 0.312 e. The SMILES string of the molecule is CCCC1CCC(NCC(C(CC)CC)N(C)C)CC1. The third-order valence-electron chi connectivity index (χ3n) is 5.42. The Kier molecular flexibility index (Phi) is 8.79. The molecule has 1 fully saturated rings. The van der Waals surface area contributed by atoms with Crippen molar-refractivity contribution in [3.05, 3.63) is 0 Å². The second kappa shape index (κ2) is 9.78. The Morgan fingerprint density at radius 3 is 2.05 bits per heavy atom. The molecule has 0 aromatic heterocycles. The van der Waals surface area contributed by atoms with Crippen LogP contribution in [0.1, 0.15) is 72.1 Å². The van der Waals surface area contributed by atoms with E-state index in [1.165, 1.54) is 57.9 Å². The fourth-order valence-electron chi connectivity index (χ4n) is 3.95. The van der Waals surface area contributed by atoms with E-state index in [9.17, 15) is 0 Å². The zero-order valence-electron chi connectivity index (χ0n) is 14.6. The van der Waals surface area contributed by atoms with E-state index in [1.807, 2.05) is 0 Å². The lowest BCUT2D eigenvalue weighted by atomic mass is 9.83. The van der Waals surface area contributed by atoms with Crippen LogP contribution in [-0.2, 0) is 0 Å². The summed E-state index contributed by atoms with van der Waals surface area (Å²) in [5.74, 6) is 1.84. The van der Waals surface area contributed by atoms with Gasteiger partial charge in [0.05, 0.1) is 0 Å². The lowest BCUT2D eigenvalue weighted by molar-refractivity contribution is 0.179. The van der Waals surface area contributed by atoms with Crippen molar-refractivity contribution in [1.29, 1.82) is 0 Å². The van der Waals surface area contributed by atoms with Crippen LogP contribution in [0.2, 0.25) is 0 Å². The fourth-order valence-corrected chi connectivity index (χ4v) is 3.95. The van der Waals surface area contributed by atoms with Crippen LogP contribution in [0.15, 0.2) is 0 Å². The highest BCUT2D eigenvalue weighted by Crippen LogP contribution is 2.28. The number of rotatable bonds is 9. The van der Waals surface area contributed by atoms with Gasteiger partial charge in [-0.05, 0) is 51.6 Å². The first-order chi connectivity index (χ1) is 9.62. The number of nitrogens with zero attached hydrogens (tertiary/aromatic N) is 1. The lowest BCUT2D eigenvalue weighted by Gasteiger charge is -2.35. The molecule has 0 heterocycles. The normalized spacial score (nSPS) is 25.4. The van der Waals surface area contributed by atoms with Gasteiger partial charge in [0.1, 0.15) is 0 Å². The second-order valence-electron chi connectivity index (χ2n) is 7.02. The van der Waals surface area contributed by atoms with Crippen LogP contribution in [0.25, 0.3) is 0 Å². The molecular formula is C18H38N2. The van der Waals surface area contributed by atoms with Gasteiger partial charge in [-0.1, -0.05) is 46.5 Å². The molecule has 0 amide bonds. The van der Waals surface area contributed by atoms with Crippen molar-refractivity contribution in [2.75, 3.05) is 20.6 Å². The van der Waals surface area contributed by atoms with Gasteiger partial charge in [-0.3, -0.25) is 0 Å². The first kappa shape index (κ1) is 18.0. The predicted octanol–water partition coefficient (Wildman–Crippen LogP) is 4.30. The molecule has 0 aliphatic heterocycles. The Balaban J connectivity index is 2.33. The average Bonchev–Trinajstić information content (AvgIpc) is 2.45. The van der Waals surface area contributed by atoms with Crippen molar-refractivity contribution in [2.24, 2.45) is 11.8 Å². The molecule has 2 heteroatoms. The van der Waals surface area contributed by atoms with Gasteiger partial charge in [0.2, 0.25) is 0 Å². The van der Waals surface area contributed by atoms with E-state index in [0.29, 0.717) is 6.04 Å². The minimum atomic E-state index is 0.693. The minimum Gasteiger partial charge on any atom is -0.312 e. The highest BCUT2D eigenvalue weighted by Gasteiger charge is 2.24. The summed E-state index contributed by atoms with van der Waals surface area (Å²) in [5.41, 5.74) is 0. The van der Waals surface area contributed by atoms with E-state index in [1.54, 1.807) is 0 Å². The molecule has 0 saturated heterocycles. The van der Waals surface area contributed by atoms with Crippen LogP contribution in [0.4, 0.5) is 0 Å². The van der Waals surface area contributed by atoms with Gasteiger partial charge < -0.3 is 10.2 Å². The average molecular weight is 283 g/mol. The Hall–Kier alpha value is -0.0800. The highest BCUT2D eigenvalue weighted by atomic mass is 15.1. The molecule has 1 saturated carbocycles. The monoisotopic (exact) mass is 282 g/mol. The molecule has 1 aliphatic rings. The Labute approximate surface area is 127 Å².